The quantitative estimate of drug-likeness (QED) is 0.0853. The van der Waals surface area contributed by atoms with Gasteiger partial charge in [-0.25, -0.2) is 4.79 Å². The second-order valence-corrected chi connectivity index (χ2v) is 10.9. The molecule has 6 atom stereocenters. The van der Waals surface area contributed by atoms with E-state index in [9.17, 15) is 39.3 Å². The number of carbonyl (C=O) groups is 5. The van der Waals surface area contributed by atoms with Crippen molar-refractivity contribution in [1.29, 1.82) is 0 Å². The second kappa shape index (κ2) is 16.3. The lowest BCUT2D eigenvalue weighted by atomic mass is 9.89. The summed E-state index contributed by atoms with van der Waals surface area (Å²) in [6.45, 7) is 7.95. The number of nitrogens with one attached hydrogen (secondary N) is 2. The van der Waals surface area contributed by atoms with Gasteiger partial charge in [-0.1, -0.05) is 52.2 Å². The van der Waals surface area contributed by atoms with Gasteiger partial charge >= 0.3 is 11.9 Å². The van der Waals surface area contributed by atoms with Gasteiger partial charge in [0.25, 0.3) is 0 Å². The molecule has 0 aromatic heterocycles. The number of amides is 2. The third-order valence-corrected chi connectivity index (χ3v) is 6.28. The molecule has 39 heavy (non-hydrogen) atoms. The molecule has 0 aliphatic heterocycles. The fourth-order valence-corrected chi connectivity index (χ4v) is 3.92. The molecule has 0 bridgehead atoms. The molecule has 1 saturated carbocycles. The minimum absolute atomic E-state index is 0.0199. The van der Waals surface area contributed by atoms with E-state index in [0.29, 0.717) is 12.8 Å². The summed E-state index contributed by atoms with van der Waals surface area (Å²) in [5, 5.41) is 35.3. The van der Waals surface area contributed by atoms with Crippen LogP contribution in [0.5, 0.6) is 0 Å². The molecule has 0 heterocycles. The maximum atomic E-state index is 12.7. The van der Waals surface area contributed by atoms with Crippen LogP contribution < -0.4 is 10.6 Å². The monoisotopic (exact) mass is 556 g/mol. The zero-order valence-corrected chi connectivity index (χ0v) is 23.4. The molecule has 0 aromatic rings. The molecule has 1 aliphatic carbocycles. The Kier molecular flexibility index (Phi) is 14.3. The zero-order chi connectivity index (χ0) is 29.8. The maximum absolute atomic E-state index is 12.7. The number of aldehydes is 1. The Morgan fingerprint density at radius 1 is 0.949 bits per heavy atom. The highest BCUT2D eigenvalue weighted by molar-refractivity contribution is 5.96. The van der Waals surface area contributed by atoms with E-state index in [-0.39, 0.29) is 24.2 Å². The number of hydrogen-bond donors (Lipinski definition) is 5. The van der Waals surface area contributed by atoms with Crippen LogP contribution in [0.3, 0.4) is 0 Å². The number of aliphatic hydroxyl groups excluding tert-OH is 3. The molecule has 0 radical (unpaired) electrons. The highest BCUT2D eigenvalue weighted by Crippen LogP contribution is 2.24. The Labute approximate surface area is 229 Å². The molecular weight excluding hydrogens is 512 g/mol. The molecule has 222 valence electrons. The van der Waals surface area contributed by atoms with Crippen molar-refractivity contribution < 1.29 is 48.8 Å². The predicted octanol–water partition coefficient (Wildman–Crippen LogP) is 0.163. The molecule has 5 N–H and O–H groups in total. The molecule has 0 aromatic carbocycles. The summed E-state index contributed by atoms with van der Waals surface area (Å²) < 4.78 is 10.2. The van der Waals surface area contributed by atoms with Gasteiger partial charge in [-0.3, -0.25) is 14.4 Å². The second-order valence-electron chi connectivity index (χ2n) is 10.9. The first-order valence-corrected chi connectivity index (χ1v) is 13.3. The Hall–Kier alpha value is -2.83. The summed E-state index contributed by atoms with van der Waals surface area (Å²) in [5.41, 5.74) is -0.328. The van der Waals surface area contributed by atoms with Gasteiger partial charge in [0.05, 0.1) is 12.5 Å². The van der Waals surface area contributed by atoms with E-state index >= 15 is 0 Å². The van der Waals surface area contributed by atoms with Crippen LogP contribution in [0.25, 0.3) is 0 Å². The van der Waals surface area contributed by atoms with Crippen molar-refractivity contribution in [3.63, 3.8) is 0 Å². The summed E-state index contributed by atoms with van der Waals surface area (Å²) in [6.07, 6.45) is 1.82. The molecule has 0 saturated heterocycles. The molecule has 1 unspecified atom stereocenters. The van der Waals surface area contributed by atoms with E-state index in [1.54, 1.807) is 13.0 Å². The lowest BCUT2D eigenvalue weighted by Gasteiger charge is -2.26. The van der Waals surface area contributed by atoms with E-state index in [2.05, 4.69) is 10.6 Å². The van der Waals surface area contributed by atoms with Crippen LogP contribution in [0.4, 0.5) is 0 Å². The maximum Gasteiger partial charge on any atom is 0.332 e. The molecule has 2 amide bonds. The van der Waals surface area contributed by atoms with Crippen molar-refractivity contribution in [2.75, 3.05) is 13.2 Å². The highest BCUT2D eigenvalue weighted by atomic mass is 16.6. The predicted molar refractivity (Wildman–Crippen MR) is 140 cm³/mol. The van der Waals surface area contributed by atoms with Crippen LogP contribution in [0, 0.1) is 17.3 Å². The van der Waals surface area contributed by atoms with Crippen LogP contribution in [-0.4, -0.2) is 89.0 Å². The lowest BCUT2D eigenvalue weighted by molar-refractivity contribution is -0.156. The molecule has 12 heteroatoms. The summed E-state index contributed by atoms with van der Waals surface area (Å²) in [7, 11) is 0. The van der Waals surface area contributed by atoms with Gasteiger partial charge in [-0.05, 0) is 32.1 Å². The Morgan fingerprint density at radius 2 is 1.56 bits per heavy atom. The van der Waals surface area contributed by atoms with Crippen LogP contribution in [-0.2, 0) is 33.4 Å². The largest absolute Gasteiger partial charge is 0.464 e. The van der Waals surface area contributed by atoms with Gasteiger partial charge in [0.15, 0.2) is 6.04 Å². The van der Waals surface area contributed by atoms with Gasteiger partial charge < -0.3 is 40.2 Å². The standard InChI is InChI=1S/C27H44N2O10/c1-6-38-26(37)19(15-39-25(36)17-10-8-7-9-11-17)29-23(34)16(2)28-24(35)18(14-30)21(32)22(33)20(31)12-13-27(3,4)5/h12-14,16-22,31-33H,6-11,15H2,1-5H3,(H,28,35)(H,29,34)/b13-12+/t16-,18+,19?,20+,21-,22-/m0/s1. The number of esters is 2. The van der Waals surface area contributed by atoms with E-state index in [1.807, 2.05) is 20.8 Å². The number of allylic oxidation sites excluding steroid dienone is 1. The summed E-state index contributed by atoms with van der Waals surface area (Å²) in [6, 6.07) is -2.62. The van der Waals surface area contributed by atoms with Crippen molar-refractivity contribution in [2.45, 2.75) is 97.1 Å². The third-order valence-electron chi connectivity index (χ3n) is 6.28. The highest BCUT2D eigenvalue weighted by Gasteiger charge is 2.36. The first kappa shape index (κ1) is 34.2. The van der Waals surface area contributed by atoms with E-state index in [4.69, 9.17) is 9.47 Å². The van der Waals surface area contributed by atoms with Crippen molar-refractivity contribution in [1.82, 2.24) is 10.6 Å². The Balaban J connectivity index is 2.79. The van der Waals surface area contributed by atoms with Crippen LogP contribution in [0.15, 0.2) is 12.2 Å². The van der Waals surface area contributed by atoms with Gasteiger partial charge in [0, 0.05) is 0 Å². The number of rotatable bonds is 14. The number of hydrogen-bond acceptors (Lipinski definition) is 10. The van der Waals surface area contributed by atoms with E-state index < -0.39 is 66.7 Å². The topological polar surface area (TPSA) is 189 Å². The smallest absolute Gasteiger partial charge is 0.332 e. The van der Waals surface area contributed by atoms with Crippen LogP contribution >= 0.6 is 0 Å². The molecule has 0 spiro atoms. The van der Waals surface area contributed by atoms with Crippen LogP contribution in [0.2, 0.25) is 0 Å². The van der Waals surface area contributed by atoms with Crippen molar-refractivity contribution in [3.8, 4) is 0 Å². The minimum Gasteiger partial charge on any atom is -0.464 e. The number of aliphatic hydroxyl groups is 3. The fourth-order valence-electron chi connectivity index (χ4n) is 3.92. The molecule has 1 fully saturated rings. The molecule has 12 nitrogen and oxygen atoms in total. The first-order valence-electron chi connectivity index (χ1n) is 13.3. The summed E-state index contributed by atoms with van der Waals surface area (Å²) in [4.78, 5) is 61.6. The average Bonchev–Trinajstić information content (AvgIpc) is 2.89. The normalized spacial score (nSPS) is 19.2. The fraction of sp³-hybridized carbons (Fsp3) is 0.741. The van der Waals surface area contributed by atoms with Gasteiger partial charge in [0.1, 0.15) is 43.2 Å². The zero-order valence-electron chi connectivity index (χ0n) is 23.4. The lowest BCUT2D eigenvalue weighted by Crippen LogP contribution is -2.55. The van der Waals surface area contributed by atoms with Crippen molar-refractivity contribution in [2.24, 2.45) is 17.3 Å². The van der Waals surface area contributed by atoms with Crippen molar-refractivity contribution >= 4 is 30.0 Å². The average molecular weight is 557 g/mol. The number of carbonyl (C=O) groups excluding carboxylic acids is 5. The molecule has 1 aliphatic rings. The van der Waals surface area contributed by atoms with Crippen LogP contribution in [0.1, 0.15) is 66.7 Å². The Bertz CT molecular complexity index is 863. The summed E-state index contributed by atoms with van der Waals surface area (Å²) in [5.74, 6) is -5.28. The SMILES string of the molecule is CCOC(=O)C(COC(=O)C1CCCCC1)NC(=O)[C@H](C)NC(=O)[C@H](C=O)[C@H](O)[C@@H](O)[C@H](O)/C=C/C(C)(C)C. The summed E-state index contributed by atoms with van der Waals surface area (Å²) >= 11 is 0. The van der Waals surface area contributed by atoms with Crippen molar-refractivity contribution in [3.05, 3.63) is 12.2 Å². The number of ether oxygens (including phenoxy) is 2. The third kappa shape index (κ3) is 11.8. The van der Waals surface area contributed by atoms with Gasteiger partial charge in [-0.2, -0.15) is 0 Å². The Morgan fingerprint density at radius 3 is 2.10 bits per heavy atom. The van der Waals surface area contributed by atoms with Gasteiger partial charge in [0.2, 0.25) is 11.8 Å². The van der Waals surface area contributed by atoms with E-state index in [0.717, 1.165) is 19.3 Å². The first-order chi connectivity index (χ1) is 18.2. The molecule has 1 rings (SSSR count). The molecular formula is C27H44N2O10. The van der Waals surface area contributed by atoms with E-state index in [1.165, 1.54) is 13.0 Å². The van der Waals surface area contributed by atoms with Gasteiger partial charge in [-0.15, -0.1) is 0 Å². The minimum atomic E-state index is -1.97.